The molecule has 4 heteroatoms. The van der Waals surface area contributed by atoms with Gasteiger partial charge in [-0.2, -0.15) is 5.26 Å². The largest absolute Gasteiger partial charge is 0.306 e. The first-order chi connectivity index (χ1) is 9.22. The Morgan fingerprint density at radius 2 is 2.05 bits per heavy atom. The highest BCUT2D eigenvalue weighted by Gasteiger charge is 2.09. The lowest BCUT2D eigenvalue weighted by Gasteiger charge is -2.14. The van der Waals surface area contributed by atoms with Gasteiger partial charge in [0.2, 0.25) is 0 Å². The first-order valence-electron chi connectivity index (χ1n) is 6.03. The van der Waals surface area contributed by atoms with Crippen molar-refractivity contribution in [1.82, 2.24) is 10.3 Å². The van der Waals surface area contributed by atoms with Crippen LogP contribution in [0.1, 0.15) is 29.7 Å². The summed E-state index contributed by atoms with van der Waals surface area (Å²) >= 11 is 0. The van der Waals surface area contributed by atoms with E-state index in [-0.39, 0.29) is 11.6 Å². The summed E-state index contributed by atoms with van der Waals surface area (Å²) in [6.45, 7) is 2.38. The van der Waals surface area contributed by atoms with E-state index in [1.54, 1.807) is 24.5 Å². The molecule has 0 bridgehead atoms. The van der Waals surface area contributed by atoms with Gasteiger partial charge < -0.3 is 5.32 Å². The number of nitrogens with one attached hydrogen (secondary N) is 1. The lowest BCUT2D eigenvalue weighted by Crippen LogP contribution is -2.19. The van der Waals surface area contributed by atoms with Gasteiger partial charge in [0.25, 0.3) is 0 Å². The van der Waals surface area contributed by atoms with Gasteiger partial charge in [-0.05, 0) is 30.7 Å². The SMILES string of the molecule is CC(NCc1cccc(C#N)c1F)c1ccncc1. The molecule has 1 atom stereocenters. The van der Waals surface area contributed by atoms with E-state index < -0.39 is 5.82 Å². The molecule has 0 amide bonds. The van der Waals surface area contributed by atoms with Gasteiger partial charge in [0.05, 0.1) is 5.56 Å². The highest BCUT2D eigenvalue weighted by Crippen LogP contribution is 2.15. The van der Waals surface area contributed by atoms with Gasteiger partial charge in [-0.3, -0.25) is 4.98 Å². The van der Waals surface area contributed by atoms with Crippen LogP contribution in [0.5, 0.6) is 0 Å². The molecule has 3 nitrogen and oxygen atoms in total. The summed E-state index contributed by atoms with van der Waals surface area (Å²) in [5.74, 6) is -0.445. The molecule has 1 unspecified atom stereocenters. The van der Waals surface area contributed by atoms with Crippen LogP contribution in [0.4, 0.5) is 4.39 Å². The molecule has 1 heterocycles. The lowest BCUT2D eigenvalue weighted by atomic mass is 10.1. The zero-order valence-corrected chi connectivity index (χ0v) is 10.6. The average Bonchev–Trinajstić information content (AvgIpc) is 2.47. The highest BCUT2D eigenvalue weighted by molar-refractivity contribution is 5.35. The molecule has 2 rings (SSSR count). The fraction of sp³-hybridized carbons (Fsp3) is 0.200. The fourth-order valence-electron chi connectivity index (χ4n) is 1.84. The molecule has 19 heavy (non-hydrogen) atoms. The van der Waals surface area contributed by atoms with E-state index >= 15 is 0 Å². The Hall–Kier alpha value is -2.25. The summed E-state index contributed by atoms with van der Waals surface area (Å²) < 4.78 is 13.9. The van der Waals surface area contributed by atoms with Gasteiger partial charge in [0.15, 0.2) is 0 Å². The van der Waals surface area contributed by atoms with Crippen molar-refractivity contribution in [2.24, 2.45) is 0 Å². The summed E-state index contributed by atoms with van der Waals surface area (Å²) in [6, 6.07) is 10.6. The Kier molecular flexibility index (Phi) is 4.22. The Morgan fingerprint density at radius 1 is 1.32 bits per heavy atom. The van der Waals surface area contributed by atoms with Crippen molar-refractivity contribution >= 4 is 0 Å². The number of nitrogens with zero attached hydrogens (tertiary/aromatic N) is 2. The topological polar surface area (TPSA) is 48.7 Å². The standard InChI is InChI=1S/C15H14FN3/c1-11(12-5-7-18-8-6-12)19-10-14-4-2-3-13(9-17)15(14)16/h2-8,11,19H,10H2,1H3. The summed E-state index contributed by atoms with van der Waals surface area (Å²) in [7, 11) is 0. The molecule has 1 N–H and O–H groups in total. The van der Waals surface area contributed by atoms with E-state index in [0.717, 1.165) is 5.56 Å². The smallest absolute Gasteiger partial charge is 0.145 e. The van der Waals surface area contributed by atoms with Crippen LogP contribution in [0.25, 0.3) is 0 Å². The summed E-state index contributed by atoms with van der Waals surface area (Å²) in [4.78, 5) is 3.96. The summed E-state index contributed by atoms with van der Waals surface area (Å²) in [5.41, 5.74) is 1.67. The second-order valence-corrected chi connectivity index (χ2v) is 4.27. The first kappa shape index (κ1) is 13.2. The molecular weight excluding hydrogens is 241 g/mol. The zero-order valence-electron chi connectivity index (χ0n) is 10.6. The predicted octanol–water partition coefficient (Wildman–Crippen LogP) is 2.94. The number of rotatable bonds is 4. The van der Waals surface area contributed by atoms with Gasteiger partial charge in [-0.1, -0.05) is 12.1 Å². The summed E-state index contributed by atoms with van der Waals surface area (Å²) in [6.07, 6.45) is 3.45. The fourth-order valence-corrected chi connectivity index (χ4v) is 1.84. The van der Waals surface area contributed by atoms with Gasteiger partial charge >= 0.3 is 0 Å². The Balaban J connectivity index is 2.06. The van der Waals surface area contributed by atoms with Crippen LogP contribution in [0.15, 0.2) is 42.7 Å². The molecule has 0 aliphatic heterocycles. The van der Waals surface area contributed by atoms with Crippen LogP contribution in [0.3, 0.4) is 0 Å². The maximum Gasteiger partial charge on any atom is 0.145 e. The van der Waals surface area contributed by atoms with Crippen molar-refractivity contribution in [2.75, 3.05) is 0 Å². The second-order valence-electron chi connectivity index (χ2n) is 4.27. The number of benzene rings is 1. The van der Waals surface area contributed by atoms with Crippen LogP contribution >= 0.6 is 0 Å². The molecular formula is C15H14FN3. The van der Waals surface area contributed by atoms with E-state index in [4.69, 9.17) is 5.26 Å². The van der Waals surface area contributed by atoms with Crippen molar-refractivity contribution in [3.05, 3.63) is 65.2 Å². The predicted molar refractivity (Wildman–Crippen MR) is 70.6 cm³/mol. The Bertz CT molecular complexity index is 590. The van der Waals surface area contributed by atoms with Crippen molar-refractivity contribution in [2.45, 2.75) is 19.5 Å². The number of aromatic nitrogens is 1. The average molecular weight is 255 g/mol. The van der Waals surface area contributed by atoms with E-state index in [1.807, 2.05) is 25.1 Å². The van der Waals surface area contributed by atoms with E-state index in [2.05, 4.69) is 10.3 Å². The molecule has 1 aromatic carbocycles. The molecule has 0 aliphatic carbocycles. The number of nitriles is 1. The molecule has 0 saturated heterocycles. The third-order valence-corrected chi connectivity index (χ3v) is 3.00. The van der Waals surface area contributed by atoms with Crippen LogP contribution in [0.2, 0.25) is 0 Å². The van der Waals surface area contributed by atoms with E-state index in [1.165, 1.54) is 6.07 Å². The number of hydrogen-bond donors (Lipinski definition) is 1. The van der Waals surface area contributed by atoms with Crippen molar-refractivity contribution in [3.8, 4) is 6.07 Å². The van der Waals surface area contributed by atoms with Gasteiger partial charge in [0.1, 0.15) is 11.9 Å². The van der Waals surface area contributed by atoms with Crippen molar-refractivity contribution < 1.29 is 4.39 Å². The monoisotopic (exact) mass is 255 g/mol. The van der Waals surface area contributed by atoms with Crippen LogP contribution in [-0.4, -0.2) is 4.98 Å². The molecule has 1 aromatic heterocycles. The maximum atomic E-state index is 13.9. The number of hydrogen-bond acceptors (Lipinski definition) is 3. The molecule has 96 valence electrons. The normalized spacial score (nSPS) is 11.8. The van der Waals surface area contributed by atoms with Gasteiger partial charge in [0, 0.05) is 30.5 Å². The van der Waals surface area contributed by atoms with Crippen LogP contribution in [0, 0.1) is 17.1 Å². The van der Waals surface area contributed by atoms with Crippen LogP contribution < -0.4 is 5.32 Å². The highest BCUT2D eigenvalue weighted by atomic mass is 19.1. The number of pyridine rings is 1. The minimum Gasteiger partial charge on any atom is -0.306 e. The Labute approximate surface area is 111 Å². The molecule has 0 saturated carbocycles. The minimum atomic E-state index is -0.445. The molecule has 2 aromatic rings. The lowest BCUT2D eigenvalue weighted by molar-refractivity contribution is 0.542. The molecule has 0 fully saturated rings. The zero-order chi connectivity index (χ0) is 13.7. The Morgan fingerprint density at radius 3 is 2.74 bits per heavy atom. The molecule has 0 spiro atoms. The quantitative estimate of drug-likeness (QED) is 0.913. The van der Waals surface area contributed by atoms with Crippen LogP contribution in [-0.2, 0) is 6.54 Å². The van der Waals surface area contributed by atoms with Crippen molar-refractivity contribution in [3.63, 3.8) is 0 Å². The van der Waals surface area contributed by atoms with Gasteiger partial charge in [-0.25, -0.2) is 4.39 Å². The van der Waals surface area contributed by atoms with E-state index in [9.17, 15) is 4.39 Å². The third kappa shape index (κ3) is 3.15. The maximum absolute atomic E-state index is 13.9. The third-order valence-electron chi connectivity index (χ3n) is 3.00. The second kappa shape index (κ2) is 6.07. The number of halogens is 1. The molecule has 0 radical (unpaired) electrons. The van der Waals surface area contributed by atoms with E-state index in [0.29, 0.717) is 12.1 Å². The van der Waals surface area contributed by atoms with Gasteiger partial charge in [-0.15, -0.1) is 0 Å². The molecule has 0 aliphatic rings. The summed E-state index contributed by atoms with van der Waals surface area (Å²) in [5, 5.41) is 12.0. The van der Waals surface area contributed by atoms with Crippen molar-refractivity contribution in [1.29, 1.82) is 5.26 Å². The first-order valence-corrected chi connectivity index (χ1v) is 6.03. The minimum absolute atomic E-state index is 0.0795.